The molecule has 1 aliphatic heterocycles. The highest BCUT2D eigenvalue weighted by Gasteiger charge is 2.29. The predicted molar refractivity (Wildman–Crippen MR) is 52.6 cm³/mol. The van der Waals surface area contributed by atoms with Crippen LogP contribution in [0.15, 0.2) is 6.20 Å². The van der Waals surface area contributed by atoms with Crippen molar-refractivity contribution < 1.29 is 13.5 Å². The first-order chi connectivity index (χ1) is 6.53. The molecule has 1 N–H and O–H groups in total. The van der Waals surface area contributed by atoms with Crippen LogP contribution in [0.5, 0.6) is 0 Å². The second-order valence-electron chi connectivity index (χ2n) is 3.69. The highest BCUT2D eigenvalue weighted by atomic mass is 32.2. The van der Waals surface area contributed by atoms with E-state index in [4.69, 9.17) is 5.11 Å². The van der Waals surface area contributed by atoms with E-state index in [9.17, 15) is 8.42 Å². The second-order valence-corrected chi connectivity index (χ2v) is 5.75. The summed E-state index contributed by atoms with van der Waals surface area (Å²) in [7, 11) is -2.93. The van der Waals surface area contributed by atoms with E-state index in [1.165, 1.54) is 0 Å². The summed E-state index contributed by atoms with van der Waals surface area (Å²) < 4.78 is 24.6. The number of nitrogens with zero attached hydrogens (tertiary/aromatic N) is 1. The lowest BCUT2D eigenvalue weighted by molar-refractivity contribution is 0.275. The Hall–Kier alpha value is -0.810. The Morgan fingerprint density at radius 3 is 2.86 bits per heavy atom. The van der Waals surface area contributed by atoms with Crippen LogP contribution in [0.25, 0.3) is 0 Å². The third kappa shape index (κ3) is 1.46. The van der Waals surface area contributed by atoms with Gasteiger partial charge < -0.3 is 9.67 Å². The van der Waals surface area contributed by atoms with Gasteiger partial charge in [0.05, 0.1) is 18.1 Å². The SMILES string of the molecule is Cc1cn(CCO)c2c1CS(=O)(=O)C2. The summed E-state index contributed by atoms with van der Waals surface area (Å²) in [6.45, 7) is 2.43. The molecule has 4 nitrogen and oxygen atoms in total. The lowest BCUT2D eigenvalue weighted by Gasteiger charge is -2.03. The van der Waals surface area contributed by atoms with Crippen LogP contribution in [0.1, 0.15) is 16.8 Å². The lowest BCUT2D eigenvalue weighted by atomic mass is 10.2. The van der Waals surface area contributed by atoms with Gasteiger partial charge >= 0.3 is 0 Å². The molecule has 0 spiro atoms. The number of hydrogen-bond donors (Lipinski definition) is 1. The van der Waals surface area contributed by atoms with E-state index >= 15 is 0 Å². The first-order valence-corrected chi connectivity index (χ1v) is 6.34. The van der Waals surface area contributed by atoms with Crippen molar-refractivity contribution in [1.82, 2.24) is 4.57 Å². The fraction of sp³-hybridized carbons (Fsp3) is 0.556. The van der Waals surface area contributed by atoms with Crippen LogP contribution in [0, 0.1) is 6.92 Å². The largest absolute Gasteiger partial charge is 0.395 e. The van der Waals surface area contributed by atoms with Gasteiger partial charge in [0, 0.05) is 18.4 Å². The van der Waals surface area contributed by atoms with Crippen LogP contribution in [-0.4, -0.2) is 24.7 Å². The molecule has 2 heterocycles. The van der Waals surface area contributed by atoms with E-state index in [0.717, 1.165) is 16.8 Å². The summed E-state index contributed by atoms with van der Waals surface area (Å²) in [6, 6.07) is 0. The van der Waals surface area contributed by atoms with Crippen LogP contribution < -0.4 is 0 Å². The van der Waals surface area contributed by atoms with Crippen molar-refractivity contribution in [1.29, 1.82) is 0 Å². The quantitative estimate of drug-likeness (QED) is 0.767. The minimum atomic E-state index is -2.93. The van der Waals surface area contributed by atoms with Gasteiger partial charge in [-0.25, -0.2) is 8.42 Å². The number of sulfone groups is 1. The fourth-order valence-electron chi connectivity index (χ4n) is 1.94. The van der Waals surface area contributed by atoms with Crippen molar-refractivity contribution in [2.24, 2.45) is 0 Å². The smallest absolute Gasteiger partial charge is 0.160 e. The summed E-state index contributed by atoms with van der Waals surface area (Å²) in [4.78, 5) is 0. The van der Waals surface area contributed by atoms with E-state index in [-0.39, 0.29) is 18.1 Å². The average molecular weight is 215 g/mol. The zero-order chi connectivity index (χ0) is 10.3. The minimum Gasteiger partial charge on any atom is -0.395 e. The normalized spacial score (nSPS) is 18.4. The third-order valence-corrected chi connectivity index (χ3v) is 4.02. The third-order valence-electron chi connectivity index (χ3n) is 2.58. The summed E-state index contributed by atoms with van der Waals surface area (Å²) in [6.07, 6.45) is 1.91. The van der Waals surface area contributed by atoms with E-state index in [2.05, 4.69) is 0 Å². The number of rotatable bonds is 2. The molecule has 2 rings (SSSR count). The van der Waals surface area contributed by atoms with Gasteiger partial charge in [-0.3, -0.25) is 0 Å². The number of hydrogen-bond acceptors (Lipinski definition) is 3. The van der Waals surface area contributed by atoms with Crippen molar-refractivity contribution in [2.45, 2.75) is 25.0 Å². The molecule has 0 saturated carbocycles. The molecule has 1 aliphatic rings. The molecule has 0 unspecified atom stereocenters. The molecule has 0 amide bonds. The van der Waals surface area contributed by atoms with E-state index < -0.39 is 9.84 Å². The van der Waals surface area contributed by atoms with Crippen molar-refractivity contribution >= 4 is 9.84 Å². The predicted octanol–water partition coefficient (Wildman–Crippen LogP) is 0.217. The van der Waals surface area contributed by atoms with Crippen molar-refractivity contribution in [3.8, 4) is 0 Å². The summed E-state index contributed by atoms with van der Waals surface area (Å²) in [5.74, 6) is 0.281. The zero-order valence-electron chi connectivity index (χ0n) is 8.02. The average Bonchev–Trinajstić information content (AvgIpc) is 2.51. The van der Waals surface area contributed by atoms with Gasteiger partial charge in [0.25, 0.3) is 0 Å². The molecule has 78 valence electrons. The molecule has 0 atom stereocenters. The van der Waals surface area contributed by atoms with Gasteiger partial charge in [-0.15, -0.1) is 0 Å². The van der Waals surface area contributed by atoms with Crippen molar-refractivity contribution in [3.63, 3.8) is 0 Å². The Morgan fingerprint density at radius 2 is 2.21 bits per heavy atom. The van der Waals surface area contributed by atoms with Crippen LogP contribution in [0.3, 0.4) is 0 Å². The Bertz CT molecular complexity index is 459. The Labute approximate surface area is 83.1 Å². The van der Waals surface area contributed by atoms with Crippen LogP contribution >= 0.6 is 0 Å². The molecular formula is C9H13NO3S. The van der Waals surface area contributed by atoms with Crippen molar-refractivity contribution in [2.75, 3.05) is 6.61 Å². The fourth-order valence-corrected chi connectivity index (χ4v) is 3.64. The van der Waals surface area contributed by atoms with Crippen LogP contribution in [-0.2, 0) is 27.9 Å². The number of aryl methyl sites for hydroxylation is 1. The van der Waals surface area contributed by atoms with E-state index in [1.807, 2.05) is 17.7 Å². The molecule has 0 saturated heterocycles. The number of fused-ring (bicyclic) bond motifs is 1. The Kier molecular flexibility index (Phi) is 2.16. The molecule has 0 fully saturated rings. The van der Waals surface area contributed by atoms with E-state index in [0.29, 0.717) is 6.54 Å². The minimum absolute atomic E-state index is 0.0423. The number of aromatic nitrogens is 1. The molecule has 0 aromatic carbocycles. The summed E-state index contributed by atoms with van der Waals surface area (Å²) in [5, 5.41) is 8.82. The molecule has 0 aliphatic carbocycles. The Balaban J connectivity index is 2.47. The number of aliphatic hydroxyl groups is 1. The molecule has 0 radical (unpaired) electrons. The first kappa shape index (κ1) is 9.73. The van der Waals surface area contributed by atoms with Gasteiger partial charge in [-0.2, -0.15) is 0 Å². The molecule has 14 heavy (non-hydrogen) atoms. The van der Waals surface area contributed by atoms with Gasteiger partial charge in [0.2, 0.25) is 0 Å². The second kappa shape index (κ2) is 3.10. The van der Waals surface area contributed by atoms with Crippen LogP contribution in [0.4, 0.5) is 0 Å². The summed E-state index contributed by atoms with van der Waals surface area (Å²) >= 11 is 0. The van der Waals surface area contributed by atoms with Gasteiger partial charge in [0.1, 0.15) is 0 Å². The molecule has 0 bridgehead atoms. The monoisotopic (exact) mass is 215 g/mol. The molecule has 1 aromatic heterocycles. The van der Waals surface area contributed by atoms with Crippen molar-refractivity contribution in [3.05, 3.63) is 23.0 Å². The highest BCUT2D eigenvalue weighted by molar-refractivity contribution is 7.90. The van der Waals surface area contributed by atoms with Gasteiger partial charge in [-0.05, 0) is 18.1 Å². The van der Waals surface area contributed by atoms with E-state index in [1.54, 1.807) is 0 Å². The maximum absolute atomic E-state index is 11.4. The van der Waals surface area contributed by atoms with Gasteiger partial charge in [-0.1, -0.05) is 0 Å². The number of aliphatic hydroxyl groups excluding tert-OH is 1. The highest BCUT2D eigenvalue weighted by Crippen LogP contribution is 2.29. The van der Waals surface area contributed by atoms with Gasteiger partial charge in [0.15, 0.2) is 9.84 Å². The maximum atomic E-state index is 11.4. The first-order valence-electron chi connectivity index (χ1n) is 4.52. The Morgan fingerprint density at radius 1 is 1.50 bits per heavy atom. The van der Waals surface area contributed by atoms with Crippen LogP contribution in [0.2, 0.25) is 0 Å². The summed E-state index contributed by atoms with van der Waals surface area (Å²) in [5.41, 5.74) is 2.80. The standard InChI is InChI=1S/C9H13NO3S/c1-7-4-10(2-3-11)9-6-14(12,13)5-8(7)9/h4,11H,2-3,5-6H2,1H3. The maximum Gasteiger partial charge on any atom is 0.160 e. The topological polar surface area (TPSA) is 59.3 Å². The zero-order valence-corrected chi connectivity index (χ0v) is 8.84. The molecular weight excluding hydrogens is 202 g/mol. The molecule has 1 aromatic rings. The lowest BCUT2D eigenvalue weighted by Crippen LogP contribution is -2.06. The molecule has 5 heteroatoms.